The fraction of sp³-hybridized carbons (Fsp3) is 0.455. The summed E-state index contributed by atoms with van der Waals surface area (Å²) in [7, 11) is 0. The third-order valence-corrected chi connectivity index (χ3v) is 3.50. The highest BCUT2D eigenvalue weighted by Crippen LogP contribution is 2.30. The van der Waals surface area contributed by atoms with Crippen LogP contribution < -0.4 is 0 Å². The molecule has 1 aliphatic heterocycles. The molecule has 2 rings (SSSR count). The topological polar surface area (TPSA) is 18.5 Å². The standard InChI is InChI=1S/C11H13BrO2/c1-7-8(2)10(12)4-3-9(7)11-13-5-6-14-11/h3-4,11H,5-6H2,1-2H3. The Labute approximate surface area is 92.3 Å². The van der Waals surface area contributed by atoms with Crippen LogP contribution in [0.3, 0.4) is 0 Å². The molecule has 0 saturated carbocycles. The molecule has 1 saturated heterocycles. The van der Waals surface area contributed by atoms with Crippen LogP contribution >= 0.6 is 15.9 Å². The highest BCUT2D eigenvalue weighted by molar-refractivity contribution is 9.10. The Morgan fingerprint density at radius 3 is 2.43 bits per heavy atom. The van der Waals surface area contributed by atoms with E-state index in [1.807, 2.05) is 6.07 Å². The first kappa shape index (κ1) is 10.1. The molecule has 14 heavy (non-hydrogen) atoms. The summed E-state index contributed by atoms with van der Waals surface area (Å²) in [5.41, 5.74) is 3.64. The first-order valence-electron chi connectivity index (χ1n) is 4.69. The molecule has 0 N–H and O–H groups in total. The summed E-state index contributed by atoms with van der Waals surface area (Å²) in [4.78, 5) is 0. The molecule has 0 spiro atoms. The average molecular weight is 257 g/mol. The van der Waals surface area contributed by atoms with Crippen molar-refractivity contribution in [1.29, 1.82) is 0 Å². The monoisotopic (exact) mass is 256 g/mol. The lowest BCUT2D eigenvalue weighted by Gasteiger charge is -2.14. The number of hydrogen-bond donors (Lipinski definition) is 0. The van der Waals surface area contributed by atoms with Gasteiger partial charge < -0.3 is 9.47 Å². The van der Waals surface area contributed by atoms with Crippen molar-refractivity contribution in [3.8, 4) is 0 Å². The lowest BCUT2D eigenvalue weighted by molar-refractivity contribution is -0.0445. The predicted octanol–water partition coefficient (Wildman–Crippen LogP) is 3.11. The Morgan fingerprint density at radius 2 is 1.79 bits per heavy atom. The maximum atomic E-state index is 5.48. The number of halogens is 1. The molecule has 0 aromatic heterocycles. The van der Waals surface area contributed by atoms with Crippen molar-refractivity contribution in [2.24, 2.45) is 0 Å². The van der Waals surface area contributed by atoms with Crippen molar-refractivity contribution < 1.29 is 9.47 Å². The van der Waals surface area contributed by atoms with Gasteiger partial charge in [-0.3, -0.25) is 0 Å². The predicted molar refractivity (Wildman–Crippen MR) is 58.3 cm³/mol. The quantitative estimate of drug-likeness (QED) is 0.769. The summed E-state index contributed by atoms with van der Waals surface area (Å²) in [6.07, 6.45) is -0.165. The Hall–Kier alpha value is -0.380. The molecular formula is C11H13BrO2. The summed E-state index contributed by atoms with van der Waals surface area (Å²) < 4.78 is 12.1. The van der Waals surface area contributed by atoms with Gasteiger partial charge in [-0.25, -0.2) is 0 Å². The zero-order valence-electron chi connectivity index (χ0n) is 8.34. The summed E-state index contributed by atoms with van der Waals surface area (Å²) in [5.74, 6) is 0. The van der Waals surface area contributed by atoms with Crippen LogP contribution in [0.1, 0.15) is 23.0 Å². The first-order chi connectivity index (χ1) is 6.70. The summed E-state index contributed by atoms with van der Waals surface area (Å²) in [5, 5.41) is 0. The fourth-order valence-corrected chi connectivity index (χ4v) is 2.03. The van der Waals surface area contributed by atoms with Crippen molar-refractivity contribution in [2.75, 3.05) is 13.2 Å². The molecule has 0 unspecified atom stereocenters. The van der Waals surface area contributed by atoms with E-state index in [1.54, 1.807) is 0 Å². The molecule has 1 fully saturated rings. The minimum Gasteiger partial charge on any atom is -0.346 e. The van der Waals surface area contributed by atoms with E-state index in [9.17, 15) is 0 Å². The molecular weight excluding hydrogens is 244 g/mol. The maximum Gasteiger partial charge on any atom is 0.184 e. The van der Waals surface area contributed by atoms with E-state index in [2.05, 4.69) is 35.8 Å². The van der Waals surface area contributed by atoms with Crippen molar-refractivity contribution >= 4 is 15.9 Å². The van der Waals surface area contributed by atoms with Gasteiger partial charge in [-0.2, -0.15) is 0 Å². The normalized spacial score (nSPS) is 17.6. The molecule has 1 aromatic carbocycles. The molecule has 1 aliphatic rings. The second-order valence-corrected chi connectivity index (χ2v) is 4.31. The van der Waals surface area contributed by atoms with Gasteiger partial charge in [0.05, 0.1) is 13.2 Å². The van der Waals surface area contributed by atoms with Crippen molar-refractivity contribution in [1.82, 2.24) is 0 Å². The van der Waals surface area contributed by atoms with E-state index in [-0.39, 0.29) is 6.29 Å². The molecule has 0 bridgehead atoms. The van der Waals surface area contributed by atoms with Gasteiger partial charge in [-0.1, -0.05) is 22.0 Å². The lowest BCUT2D eigenvalue weighted by Crippen LogP contribution is -2.02. The Kier molecular flexibility index (Phi) is 2.91. The Morgan fingerprint density at radius 1 is 1.14 bits per heavy atom. The van der Waals surface area contributed by atoms with Gasteiger partial charge in [0, 0.05) is 10.0 Å². The summed E-state index contributed by atoms with van der Waals surface area (Å²) in [6, 6.07) is 4.10. The first-order valence-corrected chi connectivity index (χ1v) is 5.48. The SMILES string of the molecule is Cc1c(Br)ccc(C2OCCO2)c1C. The lowest BCUT2D eigenvalue weighted by atomic mass is 10.0. The second-order valence-electron chi connectivity index (χ2n) is 3.46. The van der Waals surface area contributed by atoms with Crippen LogP contribution in [0.2, 0.25) is 0 Å². The third-order valence-electron chi connectivity index (χ3n) is 2.64. The summed E-state index contributed by atoms with van der Waals surface area (Å²) in [6.45, 7) is 5.58. The molecule has 1 aromatic rings. The molecule has 0 radical (unpaired) electrons. The average Bonchev–Trinajstić information content (AvgIpc) is 2.67. The molecule has 3 heteroatoms. The molecule has 0 amide bonds. The van der Waals surface area contributed by atoms with Gasteiger partial charge in [0.2, 0.25) is 0 Å². The van der Waals surface area contributed by atoms with Crippen LogP contribution in [0.5, 0.6) is 0 Å². The smallest absolute Gasteiger partial charge is 0.184 e. The number of benzene rings is 1. The fourth-order valence-electron chi connectivity index (χ4n) is 1.60. The van der Waals surface area contributed by atoms with E-state index in [0.717, 1.165) is 10.0 Å². The highest BCUT2D eigenvalue weighted by atomic mass is 79.9. The van der Waals surface area contributed by atoms with Gasteiger partial charge >= 0.3 is 0 Å². The molecule has 2 nitrogen and oxygen atoms in total. The molecule has 1 heterocycles. The van der Waals surface area contributed by atoms with Gasteiger partial charge in [-0.05, 0) is 31.0 Å². The van der Waals surface area contributed by atoms with Crippen molar-refractivity contribution in [3.05, 3.63) is 33.3 Å². The second kappa shape index (κ2) is 4.01. The highest BCUT2D eigenvalue weighted by Gasteiger charge is 2.20. The summed E-state index contributed by atoms with van der Waals surface area (Å²) >= 11 is 3.51. The maximum absolute atomic E-state index is 5.48. The van der Waals surface area contributed by atoms with E-state index in [4.69, 9.17) is 9.47 Å². The van der Waals surface area contributed by atoms with Crippen LogP contribution in [0.15, 0.2) is 16.6 Å². The van der Waals surface area contributed by atoms with E-state index < -0.39 is 0 Å². The van der Waals surface area contributed by atoms with Crippen molar-refractivity contribution in [2.45, 2.75) is 20.1 Å². The van der Waals surface area contributed by atoms with E-state index in [0.29, 0.717) is 13.2 Å². The van der Waals surface area contributed by atoms with Crippen LogP contribution in [-0.2, 0) is 9.47 Å². The molecule has 0 aliphatic carbocycles. The Balaban J connectivity index is 2.38. The minimum atomic E-state index is -0.165. The molecule has 0 atom stereocenters. The number of hydrogen-bond acceptors (Lipinski definition) is 2. The van der Waals surface area contributed by atoms with Crippen LogP contribution in [0.25, 0.3) is 0 Å². The third kappa shape index (κ3) is 1.72. The number of ether oxygens (including phenoxy) is 2. The Bertz CT molecular complexity index is 343. The van der Waals surface area contributed by atoms with E-state index in [1.165, 1.54) is 11.1 Å². The van der Waals surface area contributed by atoms with E-state index >= 15 is 0 Å². The van der Waals surface area contributed by atoms with Gasteiger partial charge in [0.15, 0.2) is 6.29 Å². The van der Waals surface area contributed by atoms with Crippen LogP contribution in [-0.4, -0.2) is 13.2 Å². The van der Waals surface area contributed by atoms with Crippen LogP contribution in [0.4, 0.5) is 0 Å². The largest absolute Gasteiger partial charge is 0.346 e. The minimum absolute atomic E-state index is 0.165. The van der Waals surface area contributed by atoms with Crippen molar-refractivity contribution in [3.63, 3.8) is 0 Å². The zero-order valence-corrected chi connectivity index (χ0v) is 9.93. The number of rotatable bonds is 1. The van der Waals surface area contributed by atoms with Crippen LogP contribution in [0, 0.1) is 13.8 Å². The van der Waals surface area contributed by atoms with Gasteiger partial charge in [-0.15, -0.1) is 0 Å². The molecule has 76 valence electrons. The van der Waals surface area contributed by atoms with Gasteiger partial charge in [0.25, 0.3) is 0 Å². The van der Waals surface area contributed by atoms with Gasteiger partial charge in [0.1, 0.15) is 0 Å². The zero-order chi connectivity index (χ0) is 10.1.